The number of nitrogens with two attached hydrogens (primary N) is 1. The Hall–Kier alpha value is -1.49. The Morgan fingerprint density at radius 2 is 1.93 bits per heavy atom. The molecule has 2 aromatic rings. The number of thiophene rings is 1. The number of thiocarbonyl (C=S) groups is 1. The average Bonchev–Trinajstić information content (AvgIpc) is 2.80. The largest absolute Gasteiger partial charge is 0.482 e. The second kappa shape index (κ2) is 9.13. The smallest absolute Gasteiger partial charge is 0.264 e. The lowest BCUT2D eigenvalue weighted by Crippen LogP contribution is -2.37. The minimum absolute atomic E-state index is 0.0685. The van der Waals surface area contributed by atoms with Gasteiger partial charge in [0.05, 0.1) is 10.0 Å². The van der Waals surface area contributed by atoms with Crippen LogP contribution in [0.2, 0.25) is 0 Å². The van der Waals surface area contributed by atoms with E-state index in [2.05, 4.69) is 42.5 Å². The molecular formula is C17H17Br2N3O3S2. The molecule has 144 valence electrons. The normalized spacial score (nSPS) is 10.4. The van der Waals surface area contributed by atoms with E-state index >= 15 is 0 Å². The van der Waals surface area contributed by atoms with Gasteiger partial charge in [0.15, 0.2) is 11.7 Å². The molecule has 0 bridgehead atoms. The van der Waals surface area contributed by atoms with Crippen LogP contribution in [-0.4, -0.2) is 23.5 Å². The zero-order valence-electron chi connectivity index (χ0n) is 14.7. The summed E-state index contributed by atoms with van der Waals surface area (Å²) in [6, 6.07) is 3.72. The maximum absolute atomic E-state index is 12.1. The highest BCUT2D eigenvalue weighted by Gasteiger charge is 2.18. The first-order chi connectivity index (χ1) is 12.6. The summed E-state index contributed by atoms with van der Waals surface area (Å²) >= 11 is 13.3. The molecule has 10 heteroatoms. The zero-order chi connectivity index (χ0) is 20.3. The lowest BCUT2D eigenvalue weighted by atomic mass is 10.1. The van der Waals surface area contributed by atoms with Gasteiger partial charge in [-0.05, 0) is 72.2 Å². The monoisotopic (exact) mass is 533 g/mol. The van der Waals surface area contributed by atoms with Crippen molar-refractivity contribution in [2.45, 2.75) is 20.8 Å². The van der Waals surface area contributed by atoms with Crippen LogP contribution in [0.5, 0.6) is 5.75 Å². The molecule has 6 nitrogen and oxygen atoms in total. The summed E-state index contributed by atoms with van der Waals surface area (Å²) in [6.07, 6.45) is 0. The van der Waals surface area contributed by atoms with Gasteiger partial charge in [-0.15, -0.1) is 11.3 Å². The van der Waals surface area contributed by atoms with Crippen molar-refractivity contribution in [3.63, 3.8) is 0 Å². The first-order valence-corrected chi connectivity index (χ1v) is 10.5. The third-order valence-electron chi connectivity index (χ3n) is 3.65. The van der Waals surface area contributed by atoms with E-state index in [9.17, 15) is 9.59 Å². The number of halogens is 2. The van der Waals surface area contributed by atoms with Crippen molar-refractivity contribution in [2.75, 3.05) is 11.9 Å². The Morgan fingerprint density at radius 1 is 1.26 bits per heavy atom. The van der Waals surface area contributed by atoms with Crippen LogP contribution in [0.3, 0.4) is 0 Å². The fourth-order valence-corrected chi connectivity index (χ4v) is 5.22. The Labute approximate surface area is 183 Å². The molecule has 0 radical (unpaired) electrons. The summed E-state index contributed by atoms with van der Waals surface area (Å²) in [5.41, 5.74) is 7.47. The molecule has 27 heavy (non-hydrogen) atoms. The van der Waals surface area contributed by atoms with Gasteiger partial charge in [-0.1, -0.05) is 15.9 Å². The fraction of sp³-hybridized carbons (Fsp3) is 0.235. The van der Waals surface area contributed by atoms with Crippen LogP contribution in [0.25, 0.3) is 0 Å². The number of amides is 2. The molecule has 4 N–H and O–H groups in total. The second-order valence-electron chi connectivity index (χ2n) is 5.68. The molecule has 1 heterocycles. The van der Waals surface area contributed by atoms with Crippen molar-refractivity contribution in [3.8, 4) is 5.75 Å². The minimum Gasteiger partial charge on any atom is -0.482 e. The van der Waals surface area contributed by atoms with Gasteiger partial charge in [-0.25, -0.2) is 0 Å². The second-order valence-corrected chi connectivity index (χ2v) is 9.08. The molecule has 0 aliphatic carbocycles. The summed E-state index contributed by atoms with van der Waals surface area (Å²) in [7, 11) is 0. The van der Waals surface area contributed by atoms with Gasteiger partial charge in [0.1, 0.15) is 10.8 Å². The quantitative estimate of drug-likeness (QED) is 0.500. The number of hydrogen-bond acceptors (Lipinski definition) is 5. The molecule has 0 saturated carbocycles. The number of hydrogen-bond donors (Lipinski definition) is 3. The summed E-state index contributed by atoms with van der Waals surface area (Å²) in [6.45, 7) is 5.35. The van der Waals surface area contributed by atoms with Crippen molar-refractivity contribution in [1.82, 2.24) is 5.32 Å². The van der Waals surface area contributed by atoms with Gasteiger partial charge in [-0.3, -0.25) is 14.9 Å². The average molecular weight is 535 g/mol. The molecule has 0 atom stereocenters. The molecule has 0 spiro atoms. The first kappa shape index (κ1) is 21.8. The van der Waals surface area contributed by atoms with Crippen molar-refractivity contribution < 1.29 is 14.3 Å². The number of benzene rings is 1. The molecule has 2 amide bonds. The minimum atomic E-state index is -0.549. The number of anilines is 1. The highest BCUT2D eigenvalue weighted by Crippen LogP contribution is 2.33. The van der Waals surface area contributed by atoms with E-state index in [1.807, 2.05) is 32.9 Å². The van der Waals surface area contributed by atoms with E-state index in [0.29, 0.717) is 16.3 Å². The highest BCUT2D eigenvalue weighted by atomic mass is 79.9. The Balaban J connectivity index is 1.98. The van der Waals surface area contributed by atoms with E-state index in [-0.39, 0.29) is 11.7 Å². The number of rotatable bonds is 5. The molecule has 0 aliphatic rings. The molecule has 1 aromatic carbocycles. The number of ether oxygens (including phenoxy) is 1. The number of aryl methyl sites for hydroxylation is 2. The predicted octanol–water partition coefficient (Wildman–Crippen LogP) is 4.19. The predicted molar refractivity (Wildman–Crippen MR) is 119 cm³/mol. The SMILES string of the molecule is Cc1cc(Br)cc(Br)c1OCC(=O)NC(=S)Nc1sc(C)c(C)c1C(N)=O. The van der Waals surface area contributed by atoms with E-state index in [4.69, 9.17) is 22.7 Å². The lowest BCUT2D eigenvalue weighted by Gasteiger charge is -2.13. The molecule has 0 fully saturated rings. The molecule has 0 saturated heterocycles. The maximum Gasteiger partial charge on any atom is 0.264 e. The molecule has 2 rings (SSSR count). The van der Waals surface area contributed by atoms with E-state index < -0.39 is 11.8 Å². The van der Waals surface area contributed by atoms with Gasteiger partial charge in [0.25, 0.3) is 11.8 Å². The topological polar surface area (TPSA) is 93.4 Å². The third kappa shape index (κ3) is 5.50. The van der Waals surface area contributed by atoms with Gasteiger partial charge >= 0.3 is 0 Å². The summed E-state index contributed by atoms with van der Waals surface area (Å²) < 4.78 is 7.22. The van der Waals surface area contributed by atoms with Crippen molar-refractivity contribution in [2.24, 2.45) is 5.73 Å². The van der Waals surface area contributed by atoms with E-state index in [1.54, 1.807) is 0 Å². The molecule has 0 aliphatic heterocycles. The summed E-state index contributed by atoms with van der Waals surface area (Å²) in [5, 5.41) is 5.97. The summed E-state index contributed by atoms with van der Waals surface area (Å²) in [5.74, 6) is -0.396. The Kier molecular flexibility index (Phi) is 7.38. The highest BCUT2D eigenvalue weighted by molar-refractivity contribution is 9.11. The van der Waals surface area contributed by atoms with Crippen molar-refractivity contribution in [3.05, 3.63) is 42.6 Å². The Morgan fingerprint density at radius 3 is 2.52 bits per heavy atom. The summed E-state index contributed by atoms with van der Waals surface area (Å²) in [4.78, 5) is 24.7. The van der Waals surface area contributed by atoms with Crippen LogP contribution >= 0.6 is 55.4 Å². The van der Waals surface area contributed by atoms with E-state index in [1.165, 1.54) is 11.3 Å². The van der Waals surface area contributed by atoms with Crippen LogP contribution in [0.15, 0.2) is 21.1 Å². The maximum atomic E-state index is 12.1. The lowest BCUT2D eigenvalue weighted by molar-refractivity contribution is -0.121. The first-order valence-electron chi connectivity index (χ1n) is 7.69. The fourth-order valence-electron chi connectivity index (χ4n) is 2.32. The molecule has 0 unspecified atom stereocenters. The van der Waals surface area contributed by atoms with Crippen molar-refractivity contribution in [1.29, 1.82) is 0 Å². The number of carbonyl (C=O) groups excluding carboxylic acids is 2. The molecular weight excluding hydrogens is 518 g/mol. The van der Waals surface area contributed by atoms with Gasteiger partial charge in [0, 0.05) is 9.35 Å². The van der Waals surface area contributed by atoms with Crippen LogP contribution in [0.4, 0.5) is 5.00 Å². The third-order valence-corrected chi connectivity index (χ3v) is 6.03. The van der Waals surface area contributed by atoms with Crippen molar-refractivity contribution >= 4 is 77.3 Å². The van der Waals surface area contributed by atoms with Gasteiger partial charge < -0.3 is 15.8 Å². The number of primary amides is 1. The standard InChI is InChI=1S/C17H17Br2N3O3S2/c1-7-4-10(18)5-11(19)14(7)25-6-12(23)21-17(26)22-16-13(15(20)24)8(2)9(3)27-16/h4-5H,6H2,1-3H3,(H2,20,24)(H2,21,22,23,26). The number of carbonyl (C=O) groups is 2. The Bertz CT molecular complexity index is 905. The van der Waals surface area contributed by atoms with Gasteiger partial charge in [0.2, 0.25) is 0 Å². The van der Waals surface area contributed by atoms with Crippen LogP contribution in [-0.2, 0) is 4.79 Å². The van der Waals surface area contributed by atoms with Crippen LogP contribution in [0.1, 0.15) is 26.4 Å². The van der Waals surface area contributed by atoms with Gasteiger partial charge in [-0.2, -0.15) is 0 Å². The number of nitrogens with one attached hydrogen (secondary N) is 2. The van der Waals surface area contributed by atoms with Crippen LogP contribution in [0, 0.1) is 20.8 Å². The van der Waals surface area contributed by atoms with E-state index in [0.717, 1.165) is 24.9 Å². The zero-order valence-corrected chi connectivity index (χ0v) is 19.5. The molecule has 1 aromatic heterocycles. The van der Waals surface area contributed by atoms with Crippen LogP contribution < -0.4 is 21.1 Å².